The lowest BCUT2D eigenvalue weighted by Crippen LogP contribution is -2.35. The average Bonchev–Trinajstić information content (AvgIpc) is 3.12. The zero-order chi connectivity index (χ0) is 19.0. The normalized spacial score (nSPS) is 15.9. The molecule has 3 aromatic rings. The van der Waals surface area contributed by atoms with Crippen LogP contribution in [0, 0.1) is 5.82 Å². The van der Waals surface area contributed by atoms with Gasteiger partial charge in [0.2, 0.25) is 10.0 Å². The summed E-state index contributed by atoms with van der Waals surface area (Å²) >= 11 is 0. The minimum absolute atomic E-state index is 0.185. The molecule has 0 atom stereocenters. The van der Waals surface area contributed by atoms with E-state index in [1.807, 2.05) is 6.07 Å². The topological polar surface area (TPSA) is 62.4 Å². The van der Waals surface area contributed by atoms with Crippen LogP contribution in [0.15, 0.2) is 47.4 Å². The minimum Gasteiger partial charge on any atom is -0.494 e. The number of hydrogen-bond donors (Lipinski definition) is 1. The zero-order valence-electron chi connectivity index (χ0n) is 15.0. The van der Waals surface area contributed by atoms with Crippen molar-refractivity contribution in [3.8, 4) is 17.0 Å². The Hall–Kier alpha value is -2.38. The molecule has 5 nitrogen and oxygen atoms in total. The van der Waals surface area contributed by atoms with Gasteiger partial charge >= 0.3 is 0 Å². The molecule has 0 saturated carbocycles. The second-order valence-corrected chi connectivity index (χ2v) is 8.68. The molecule has 0 unspecified atom stereocenters. The molecule has 0 radical (unpaired) electrons. The number of hydrogen-bond acceptors (Lipinski definition) is 3. The van der Waals surface area contributed by atoms with E-state index in [-0.39, 0.29) is 5.75 Å². The van der Waals surface area contributed by atoms with Crippen molar-refractivity contribution in [2.75, 3.05) is 20.2 Å². The molecule has 27 heavy (non-hydrogen) atoms. The molecule has 1 aliphatic heterocycles. The molecule has 142 valence electrons. The van der Waals surface area contributed by atoms with E-state index in [2.05, 4.69) is 4.98 Å². The number of H-pyrrole nitrogens is 1. The fraction of sp³-hybridized carbons (Fsp3) is 0.300. The van der Waals surface area contributed by atoms with Crippen LogP contribution in [0.25, 0.3) is 22.2 Å². The van der Waals surface area contributed by atoms with Crippen molar-refractivity contribution >= 4 is 20.9 Å². The third-order valence-electron chi connectivity index (χ3n) is 5.01. The SMILES string of the molecule is COc1ccc(-c2cc3cc(S(=O)(=O)N4CCCCC4)ccc3[nH]2)cc1F. The highest BCUT2D eigenvalue weighted by Crippen LogP contribution is 2.30. The standard InChI is InChI=1S/C20H21FN2O3S/c1-26-20-8-5-14(12-17(20)21)19-13-15-11-16(6-7-18(15)22-19)27(24,25)23-9-3-2-4-10-23/h5-8,11-13,22H,2-4,9-10H2,1H3. The van der Waals surface area contributed by atoms with E-state index < -0.39 is 15.8 Å². The summed E-state index contributed by atoms with van der Waals surface area (Å²) < 4.78 is 46.3. The highest BCUT2D eigenvalue weighted by molar-refractivity contribution is 7.89. The third kappa shape index (κ3) is 3.33. The number of halogens is 1. The molecule has 1 fully saturated rings. The quantitative estimate of drug-likeness (QED) is 0.730. The molecule has 7 heteroatoms. The van der Waals surface area contributed by atoms with E-state index in [0.29, 0.717) is 23.5 Å². The summed E-state index contributed by atoms with van der Waals surface area (Å²) in [4.78, 5) is 3.51. The summed E-state index contributed by atoms with van der Waals surface area (Å²) in [5.41, 5.74) is 2.20. The molecule has 0 amide bonds. The van der Waals surface area contributed by atoms with E-state index in [0.717, 1.165) is 35.9 Å². The number of aromatic nitrogens is 1. The minimum atomic E-state index is -3.48. The Balaban J connectivity index is 1.71. The number of nitrogens with zero attached hydrogens (tertiary/aromatic N) is 1. The van der Waals surface area contributed by atoms with Crippen molar-refractivity contribution in [3.05, 3.63) is 48.3 Å². The van der Waals surface area contributed by atoms with Crippen molar-refractivity contribution in [1.29, 1.82) is 0 Å². The number of sulfonamides is 1. The summed E-state index contributed by atoms with van der Waals surface area (Å²) in [6.45, 7) is 1.15. The summed E-state index contributed by atoms with van der Waals surface area (Å²) in [6, 6.07) is 11.6. The summed E-state index contributed by atoms with van der Waals surface area (Å²) in [5, 5.41) is 0.777. The van der Waals surface area contributed by atoms with Gasteiger partial charge in [0.05, 0.1) is 12.0 Å². The second kappa shape index (κ2) is 6.98. The van der Waals surface area contributed by atoms with Crippen LogP contribution in [0.4, 0.5) is 4.39 Å². The van der Waals surface area contributed by atoms with Gasteiger partial charge in [-0.2, -0.15) is 4.31 Å². The Morgan fingerprint density at radius 1 is 1.04 bits per heavy atom. The Labute approximate surface area is 157 Å². The van der Waals surface area contributed by atoms with Crippen molar-refractivity contribution in [1.82, 2.24) is 9.29 Å². The van der Waals surface area contributed by atoms with Gasteiger partial charge in [-0.3, -0.25) is 0 Å². The Bertz CT molecular complexity index is 1090. The second-order valence-electron chi connectivity index (χ2n) is 6.75. The van der Waals surface area contributed by atoms with Crippen LogP contribution >= 0.6 is 0 Å². The van der Waals surface area contributed by atoms with Crippen LogP contribution in [-0.2, 0) is 10.0 Å². The lowest BCUT2D eigenvalue weighted by molar-refractivity contribution is 0.346. The number of piperidine rings is 1. The lowest BCUT2D eigenvalue weighted by Gasteiger charge is -2.25. The number of benzene rings is 2. The lowest BCUT2D eigenvalue weighted by atomic mass is 10.1. The molecule has 1 aliphatic rings. The predicted molar refractivity (Wildman–Crippen MR) is 103 cm³/mol. The first-order chi connectivity index (χ1) is 13.0. The number of fused-ring (bicyclic) bond motifs is 1. The van der Waals surface area contributed by atoms with Crippen LogP contribution in [0.2, 0.25) is 0 Å². The fourth-order valence-corrected chi connectivity index (χ4v) is 5.07. The predicted octanol–water partition coefficient (Wildman–Crippen LogP) is 4.16. The van der Waals surface area contributed by atoms with E-state index in [9.17, 15) is 12.8 Å². The van der Waals surface area contributed by atoms with Gasteiger partial charge in [0.1, 0.15) is 0 Å². The fourth-order valence-electron chi connectivity index (χ4n) is 3.51. The summed E-state index contributed by atoms with van der Waals surface area (Å²) in [5.74, 6) is -0.258. The van der Waals surface area contributed by atoms with Crippen LogP contribution in [0.3, 0.4) is 0 Å². The van der Waals surface area contributed by atoms with Gasteiger partial charge in [0.25, 0.3) is 0 Å². The molecular weight excluding hydrogens is 367 g/mol. The van der Waals surface area contributed by atoms with Crippen LogP contribution in [0.1, 0.15) is 19.3 Å². The first-order valence-electron chi connectivity index (χ1n) is 8.96. The van der Waals surface area contributed by atoms with Gasteiger partial charge in [0.15, 0.2) is 11.6 Å². The maximum atomic E-state index is 14.0. The van der Waals surface area contributed by atoms with E-state index in [4.69, 9.17) is 4.74 Å². The average molecular weight is 388 g/mol. The van der Waals surface area contributed by atoms with Gasteiger partial charge in [0, 0.05) is 35.2 Å². The number of methoxy groups -OCH3 is 1. The highest BCUT2D eigenvalue weighted by atomic mass is 32.2. The summed E-state index contributed by atoms with van der Waals surface area (Å²) in [6.07, 6.45) is 2.88. The van der Waals surface area contributed by atoms with Gasteiger partial charge in [-0.05, 0) is 55.3 Å². The van der Waals surface area contributed by atoms with Crippen molar-refractivity contribution < 1.29 is 17.5 Å². The molecule has 2 heterocycles. The Kier molecular flexibility index (Phi) is 4.65. The largest absolute Gasteiger partial charge is 0.494 e. The molecule has 1 N–H and O–H groups in total. The van der Waals surface area contributed by atoms with Gasteiger partial charge in [-0.15, -0.1) is 0 Å². The molecule has 0 bridgehead atoms. The van der Waals surface area contributed by atoms with Crippen molar-refractivity contribution in [2.45, 2.75) is 24.2 Å². The molecule has 0 spiro atoms. The van der Waals surface area contributed by atoms with Gasteiger partial charge in [-0.1, -0.05) is 6.42 Å². The van der Waals surface area contributed by atoms with E-state index in [1.165, 1.54) is 13.2 Å². The highest BCUT2D eigenvalue weighted by Gasteiger charge is 2.26. The smallest absolute Gasteiger partial charge is 0.243 e. The monoisotopic (exact) mass is 388 g/mol. The molecule has 2 aromatic carbocycles. The molecule has 1 saturated heterocycles. The molecular formula is C20H21FN2O3S. The Morgan fingerprint density at radius 3 is 2.52 bits per heavy atom. The first-order valence-corrected chi connectivity index (χ1v) is 10.4. The van der Waals surface area contributed by atoms with Gasteiger partial charge in [-0.25, -0.2) is 12.8 Å². The van der Waals surface area contributed by atoms with Gasteiger partial charge < -0.3 is 9.72 Å². The van der Waals surface area contributed by atoms with Crippen molar-refractivity contribution in [2.24, 2.45) is 0 Å². The van der Waals surface area contributed by atoms with Crippen LogP contribution in [-0.4, -0.2) is 37.9 Å². The van der Waals surface area contributed by atoms with Crippen LogP contribution < -0.4 is 4.74 Å². The van der Waals surface area contributed by atoms with E-state index >= 15 is 0 Å². The summed E-state index contributed by atoms with van der Waals surface area (Å²) in [7, 11) is -2.06. The number of aromatic amines is 1. The Morgan fingerprint density at radius 2 is 1.81 bits per heavy atom. The molecule has 1 aromatic heterocycles. The third-order valence-corrected chi connectivity index (χ3v) is 6.90. The molecule has 0 aliphatic carbocycles. The molecule has 4 rings (SSSR count). The number of rotatable bonds is 4. The van der Waals surface area contributed by atoms with Crippen molar-refractivity contribution in [3.63, 3.8) is 0 Å². The number of ether oxygens (including phenoxy) is 1. The number of nitrogens with one attached hydrogen (secondary N) is 1. The maximum absolute atomic E-state index is 14.0. The first kappa shape index (κ1) is 18.0. The van der Waals surface area contributed by atoms with E-state index in [1.54, 1.807) is 34.6 Å². The maximum Gasteiger partial charge on any atom is 0.243 e. The van der Waals surface area contributed by atoms with Crippen LogP contribution in [0.5, 0.6) is 5.75 Å². The zero-order valence-corrected chi connectivity index (χ0v) is 15.9.